The van der Waals surface area contributed by atoms with E-state index in [2.05, 4.69) is 0 Å². The van der Waals surface area contributed by atoms with Crippen molar-refractivity contribution in [2.24, 2.45) is 17.6 Å². The van der Waals surface area contributed by atoms with Gasteiger partial charge in [0.25, 0.3) is 0 Å². The lowest BCUT2D eigenvalue weighted by Crippen LogP contribution is -2.45. The first-order valence-electron chi connectivity index (χ1n) is 5.69. The van der Waals surface area contributed by atoms with E-state index in [9.17, 15) is 4.79 Å². The van der Waals surface area contributed by atoms with Gasteiger partial charge in [-0.1, -0.05) is 26.1 Å². The second-order valence-corrected chi connectivity index (χ2v) is 5.08. The summed E-state index contributed by atoms with van der Waals surface area (Å²) in [7, 11) is 0. The van der Waals surface area contributed by atoms with Gasteiger partial charge in [-0.25, -0.2) is 0 Å². The predicted octanol–water partition coefficient (Wildman–Crippen LogP) is 0.528. The van der Waals surface area contributed by atoms with E-state index in [1.165, 1.54) is 0 Å². The quantitative estimate of drug-likeness (QED) is 0.669. The Kier molecular flexibility index (Phi) is 4.68. The van der Waals surface area contributed by atoms with Crippen LogP contribution in [0.25, 0.3) is 0 Å². The lowest BCUT2D eigenvalue weighted by molar-refractivity contribution is -0.135. The van der Waals surface area contributed by atoms with Gasteiger partial charge in [0.05, 0.1) is 17.5 Å². The first kappa shape index (κ1) is 13.4. The lowest BCUT2D eigenvalue weighted by atomic mass is 9.94. The summed E-state index contributed by atoms with van der Waals surface area (Å²) in [6.07, 6.45) is 2.04. The number of hydrogen-bond acceptors (Lipinski definition) is 3. The van der Waals surface area contributed by atoms with Gasteiger partial charge in [0, 0.05) is 12.6 Å². The van der Waals surface area contributed by atoms with Gasteiger partial charge in [-0.2, -0.15) is 0 Å². The van der Waals surface area contributed by atoms with E-state index >= 15 is 0 Å². The number of hydrogen-bond donors (Lipinski definition) is 2. The third-order valence-corrected chi connectivity index (χ3v) is 3.10. The standard InChI is InChI=1S/C11H20N2O2S/c1-7(2)9(10(12)16)11(15)13(5-6-14)8-3-4-8/h7-9,14H,3-6H2,1-2H3,(H2,12,16). The number of carbonyl (C=O) groups excluding carboxylic acids is 1. The van der Waals surface area contributed by atoms with Crippen molar-refractivity contribution in [3.63, 3.8) is 0 Å². The molecule has 1 aliphatic rings. The summed E-state index contributed by atoms with van der Waals surface area (Å²) in [6, 6.07) is 0.287. The predicted molar refractivity (Wildman–Crippen MR) is 66.9 cm³/mol. The van der Waals surface area contributed by atoms with Crippen molar-refractivity contribution >= 4 is 23.1 Å². The zero-order valence-corrected chi connectivity index (χ0v) is 10.7. The molecule has 0 spiro atoms. The molecular weight excluding hydrogens is 224 g/mol. The fraction of sp³-hybridized carbons (Fsp3) is 0.818. The first-order chi connectivity index (χ1) is 7.49. The number of carbonyl (C=O) groups is 1. The minimum atomic E-state index is -0.401. The van der Waals surface area contributed by atoms with Gasteiger partial charge < -0.3 is 15.7 Å². The number of aliphatic hydroxyl groups excluding tert-OH is 1. The number of rotatable bonds is 6. The molecule has 1 rings (SSSR count). The molecule has 1 aliphatic carbocycles. The highest BCUT2D eigenvalue weighted by molar-refractivity contribution is 7.80. The lowest BCUT2D eigenvalue weighted by Gasteiger charge is -2.28. The van der Waals surface area contributed by atoms with Crippen LogP contribution in [-0.2, 0) is 4.79 Å². The maximum atomic E-state index is 12.2. The number of nitrogens with two attached hydrogens (primary N) is 1. The molecule has 16 heavy (non-hydrogen) atoms. The second-order valence-electron chi connectivity index (χ2n) is 4.61. The summed E-state index contributed by atoms with van der Waals surface area (Å²) in [6.45, 7) is 4.25. The normalized spacial score (nSPS) is 17.2. The highest BCUT2D eigenvalue weighted by Gasteiger charge is 2.37. The Morgan fingerprint density at radius 2 is 2.12 bits per heavy atom. The van der Waals surface area contributed by atoms with Crippen LogP contribution in [0.4, 0.5) is 0 Å². The highest BCUT2D eigenvalue weighted by Crippen LogP contribution is 2.29. The number of nitrogens with zero attached hydrogens (tertiary/aromatic N) is 1. The number of amides is 1. The van der Waals surface area contributed by atoms with Gasteiger partial charge in [-0.3, -0.25) is 4.79 Å². The maximum absolute atomic E-state index is 12.2. The number of aliphatic hydroxyl groups is 1. The fourth-order valence-electron chi connectivity index (χ4n) is 1.88. The van der Waals surface area contributed by atoms with E-state index < -0.39 is 5.92 Å². The van der Waals surface area contributed by atoms with Crippen molar-refractivity contribution in [2.45, 2.75) is 32.7 Å². The van der Waals surface area contributed by atoms with E-state index in [0.29, 0.717) is 6.54 Å². The Labute approximate surface area is 102 Å². The molecule has 0 heterocycles. The van der Waals surface area contributed by atoms with Crippen LogP contribution < -0.4 is 5.73 Å². The fourth-order valence-corrected chi connectivity index (χ4v) is 2.25. The molecule has 0 aromatic carbocycles. The summed E-state index contributed by atoms with van der Waals surface area (Å²) in [5.41, 5.74) is 5.61. The average Bonchev–Trinajstić information content (AvgIpc) is 2.95. The van der Waals surface area contributed by atoms with Crippen LogP contribution in [0.2, 0.25) is 0 Å². The maximum Gasteiger partial charge on any atom is 0.233 e. The largest absolute Gasteiger partial charge is 0.395 e. The smallest absolute Gasteiger partial charge is 0.233 e. The molecular formula is C11H20N2O2S. The van der Waals surface area contributed by atoms with Crippen LogP contribution in [0, 0.1) is 11.8 Å². The molecule has 0 radical (unpaired) electrons. The SMILES string of the molecule is CC(C)C(C(=O)N(CCO)C1CC1)C(N)=S. The second kappa shape index (κ2) is 5.59. The Balaban J connectivity index is 2.74. The number of thiocarbonyl (C=S) groups is 1. The van der Waals surface area contributed by atoms with Gasteiger partial charge in [-0.05, 0) is 18.8 Å². The van der Waals surface area contributed by atoms with Gasteiger partial charge in [0.15, 0.2) is 0 Å². The van der Waals surface area contributed by atoms with Crippen molar-refractivity contribution in [1.82, 2.24) is 4.90 Å². The Morgan fingerprint density at radius 1 is 1.56 bits per heavy atom. The molecule has 0 aliphatic heterocycles. The van der Waals surface area contributed by atoms with Crippen LogP contribution in [0.15, 0.2) is 0 Å². The summed E-state index contributed by atoms with van der Waals surface area (Å²) in [4.78, 5) is 14.2. The van der Waals surface area contributed by atoms with Gasteiger partial charge >= 0.3 is 0 Å². The van der Waals surface area contributed by atoms with E-state index in [-0.39, 0.29) is 29.5 Å². The zero-order chi connectivity index (χ0) is 12.3. The molecule has 0 saturated heterocycles. The van der Waals surface area contributed by atoms with Crippen molar-refractivity contribution in [3.05, 3.63) is 0 Å². The molecule has 0 bridgehead atoms. The summed E-state index contributed by atoms with van der Waals surface area (Å²) < 4.78 is 0. The minimum absolute atomic E-state index is 0.00954. The molecule has 1 saturated carbocycles. The van der Waals surface area contributed by atoms with Crippen LogP contribution >= 0.6 is 12.2 Å². The Bertz CT molecular complexity index is 277. The van der Waals surface area contributed by atoms with E-state index in [1.807, 2.05) is 13.8 Å². The monoisotopic (exact) mass is 244 g/mol. The molecule has 4 nitrogen and oxygen atoms in total. The molecule has 3 N–H and O–H groups in total. The topological polar surface area (TPSA) is 66.6 Å². The van der Waals surface area contributed by atoms with Gasteiger partial charge in [-0.15, -0.1) is 0 Å². The van der Waals surface area contributed by atoms with Crippen molar-refractivity contribution in [3.8, 4) is 0 Å². The molecule has 1 fully saturated rings. The molecule has 1 amide bonds. The summed E-state index contributed by atoms with van der Waals surface area (Å²) in [5.74, 6) is -0.328. The molecule has 0 aromatic heterocycles. The van der Waals surface area contributed by atoms with E-state index in [1.54, 1.807) is 4.90 Å². The van der Waals surface area contributed by atoms with Gasteiger partial charge in [0.1, 0.15) is 0 Å². The van der Waals surface area contributed by atoms with Crippen LogP contribution in [0.5, 0.6) is 0 Å². The summed E-state index contributed by atoms with van der Waals surface area (Å²) >= 11 is 4.95. The third-order valence-electron chi connectivity index (χ3n) is 2.85. The van der Waals surface area contributed by atoms with Crippen LogP contribution in [-0.4, -0.2) is 40.1 Å². The van der Waals surface area contributed by atoms with E-state index in [0.717, 1.165) is 12.8 Å². The third kappa shape index (κ3) is 3.15. The molecule has 92 valence electrons. The van der Waals surface area contributed by atoms with Crippen molar-refractivity contribution in [2.75, 3.05) is 13.2 Å². The Morgan fingerprint density at radius 3 is 2.44 bits per heavy atom. The minimum Gasteiger partial charge on any atom is -0.395 e. The summed E-state index contributed by atoms with van der Waals surface area (Å²) in [5, 5.41) is 8.96. The molecule has 1 atom stereocenters. The van der Waals surface area contributed by atoms with Crippen molar-refractivity contribution in [1.29, 1.82) is 0 Å². The highest BCUT2D eigenvalue weighted by atomic mass is 32.1. The first-order valence-corrected chi connectivity index (χ1v) is 6.10. The van der Waals surface area contributed by atoms with E-state index in [4.69, 9.17) is 23.1 Å². The van der Waals surface area contributed by atoms with Crippen molar-refractivity contribution < 1.29 is 9.90 Å². The molecule has 1 unspecified atom stereocenters. The molecule has 5 heteroatoms. The molecule has 0 aromatic rings. The Hall–Kier alpha value is -0.680. The average molecular weight is 244 g/mol. The van der Waals surface area contributed by atoms with Gasteiger partial charge in [0.2, 0.25) is 5.91 Å². The zero-order valence-electron chi connectivity index (χ0n) is 9.85. The van der Waals surface area contributed by atoms with Crippen LogP contribution in [0.3, 0.4) is 0 Å². The van der Waals surface area contributed by atoms with Crippen LogP contribution in [0.1, 0.15) is 26.7 Å².